The molecule has 4 nitrogen and oxygen atoms in total. The molecule has 2 heterocycles. The van der Waals surface area contributed by atoms with E-state index >= 15 is 0 Å². The Morgan fingerprint density at radius 2 is 2.09 bits per heavy atom. The van der Waals surface area contributed by atoms with E-state index in [0.29, 0.717) is 43.7 Å². The van der Waals surface area contributed by atoms with Gasteiger partial charge in [0.1, 0.15) is 12.4 Å². The Morgan fingerprint density at radius 1 is 1.13 bits per heavy atom. The minimum absolute atomic E-state index is 0.0584. The van der Waals surface area contributed by atoms with Crippen molar-refractivity contribution < 1.29 is 19.0 Å². The molecule has 4 fully saturated rings. The first-order valence-electron chi connectivity index (χ1n) is 8.94. The normalized spacial score (nSPS) is 58.3. The Balaban J connectivity index is 1.43. The number of hydrogen-bond acceptors (Lipinski definition) is 4. The topological polar surface area (TPSA) is 44.8 Å². The van der Waals surface area contributed by atoms with Gasteiger partial charge in [0.15, 0.2) is 0 Å². The molecule has 2 aliphatic heterocycles. The molecular weight excluding hydrogens is 292 g/mol. The second-order valence-electron chi connectivity index (χ2n) is 8.64. The highest BCUT2D eigenvalue weighted by molar-refractivity contribution is 5.81. The fraction of sp³-hybridized carbons (Fsp3) is 0.737. The largest absolute Gasteiger partial charge is 0.465 e. The van der Waals surface area contributed by atoms with Gasteiger partial charge >= 0.3 is 5.97 Å². The summed E-state index contributed by atoms with van der Waals surface area (Å²) in [4.78, 5) is 12.8. The predicted octanol–water partition coefficient (Wildman–Crippen LogP) is 2.45. The molecule has 4 heteroatoms. The summed E-state index contributed by atoms with van der Waals surface area (Å²) in [7, 11) is 0. The van der Waals surface area contributed by atoms with Crippen molar-refractivity contribution in [3.05, 3.63) is 24.3 Å². The summed E-state index contributed by atoms with van der Waals surface area (Å²) in [5.74, 6) is 1.76. The van der Waals surface area contributed by atoms with Gasteiger partial charge in [0, 0.05) is 11.8 Å². The Labute approximate surface area is 135 Å². The van der Waals surface area contributed by atoms with Crippen molar-refractivity contribution >= 4 is 5.97 Å². The van der Waals surface area contributed by atoms with Gasteiger partial charge in [-0.15, -0.1) is 0 Å². The van der Waals surface area contributed by atoms with E-state index in [2.05, 4.69) is 24.3 Å². The van der Waals surface area contributed by atoms with Crippen LogP contribution in [0.25, 0.3) is 0 Å². The standard InChI is InChI=1S/C19H22O4/c20-16-19(6-12-1-2-13(19)5-12)15(8-22-16)17-4-3-14(7-17)18(9-17)10-21-11-23-18/h1-4,12-15H,5-11H2. The second-order valence-corrected chi connectivity index (χ2v) is 8.64. The highest BCUT2D eigenvalue weighted by Crippen LogP contribution is 2.69. The lowest BCUT2D eigenvalue weighted by Crippen LogP contribution is -2.46. The molecule has 0 amide bonds. The minimum Gasteiger partial charge on any atom is -0.465 e. The zero-order valence-corrected chi connectivity index (χ0v) is 13.2. The van der Waals surface area contributed by atoms with Crippen LogP contribution in [0.5, 0.6) is 0 Å². The van der Waals surface area contributed by atoms with Gasteiger partial charge in [0.25, 0.3) is 0 Å². The predicted molar refractivity (Wildman–Crippen MR) is 81.2 cm³/mol. The van der Waals surface area contributed by atoms with Gasteiger partial charge < -0.3 is 14.2 Å². The number of allylic oxidation sites excluding steroid dienone is 3. The van der Waals surface area contributed by atoms with E-state index in [1.165, 1.54) is 0 Å². The smallest absolute Gasteiger partial charge is 0.313 e. The number of ether oxygens (including phenoxy) is 3. The third-order valence-electron chi connectivity index (χ3n) is 7.85. The molecule has 23 heavy (non-hydrogen) atoms. The number of hydrogen-bond donors (Lipinski definition) is 0. The molecule has 7 atom stereocenters. The molecule has 0 aromatic rings. The molecule has 0 aromatic heterocycles. The van der Waals surface area contributed by atoms with Crippen LogP contribution in [0.3, 0.4) is 0 Å². The van der Waals surface area contributed by atoms with Gasteiger partial charge in [-0.1, -0.05) is 24.3 Å². The molecule has 122 valence electrons. The van der Waals surface area contributed by atoms with Crippen LogP contribution < -0.4 is 0 Å². The highest BCUT2D eigenvalue weighted by Gasteiger charge is 2.71. The second kappa shape index (κ2) is 3.92. The van der Waals surface area contributed by atoms with Crippen molar-refractivity contribution in [1.29, 1.82) is 0 Å². The monoisotopic (exact) mass is 314 g/mol. The van der Waals surface area contributed by atoms with Gasteiger partial charge in [-0.05, 0) is 42.9 Å². The maximum atomic E-state index is 12.8. The van der Waals surface area contributed by atoms with Gasteiger partial charge in [-0.2, -0.15) is 0 Å². The van der Waals surface area contributed by atoms with Crippen LogP contribution in [0.15, 0.2) is 24.3 Å². The third-order valence-corrected chi connectivity index (χ3v) is 7.85. The van der Waals surface area contributed by atoms with Crippen LogP contribution in [0.4, 0.5) is 0 Å². The van der Waals surface area contributed by atoms with Gasteiger partial charge in [-0.25, -0.2) is 0 Å². The van der Waals surface area contributed by atoms with Crippen molar-refractivity contribution in [3.8, 4) is 0 Å². The molecule has 6 rings (SSSR count). The fourth-order valence-electron chi connectivity index (χ4n) is 6.94. The fourth-order valence-corrected chi connectivity index (χ4v) is 6.94. The Bertz CT molecular complexity index is 646. The summed E-state index contributed by atoms with van der Waals surface area (Å²) in [6, 6.07) is 0. The minimum atomic E-state index is -0.274. The van der Waals surface area contributed by atoms with Crippen molar-refractivity contribution in [2.45, 2.75) is 31.3 Å². The summed E-state index contributed by atoms with van der Waals surface area (Å²) in [6.07, 6.45) is 13.5. The third kappa shape index (κ3) is 1.36. The Morgan fingerprint density at radius 3 is 2.83 bits per heavy atom. The number of carbonyl (C=O) groups excluding carboxylic acids is 1. The average molecular weight is 314 g/mol. The number of cyclic esters (lactones) is 1. The summed E-state index contributed by atoms with van der Waals surface area (Å²) < 4.78 is 17.3. The molecule has 4 aliphatic carbocycles. The molecule has 2 saturated carbocycles. The maximum absolute atomic E-state index is 12.8. The quantitative estimate of drug-likeness (QED) is 0.551. The van der Waals surface area contributed by atoms with Gasteiger partial charge in [0.05, 0.1) is 18.6 Å². The van der Waals surface area contributed by atoms with E-state index in [1.54, 1.807) is 0 Å². The van der Waals surface area contributed by atoms with E-state index < -0.39 is 0 Å². The number of fused-ring (bicyclic) bond motifs is 6. The maximum Gasteiger partial charge on any atom is 0.313 e. The summed E-state index contributed by atoms with van der Waals surface area (Å²) >= 11 is 0. The molecule has 0 radical (unpaired) electrons. The Hall–Kier alpha value is -1.13. The van der Waals surface area contributed by atoms with Crippen LogP contribution >= 0.6 is 0 Å². The molecule has 6 aliphatic rings. The first-order chi connectivity index (χ1) is 11.2. The summed E-state index contributed by atoms with van der Waals surface area (Å²) in [6.45, 7) is 1.70. The van der Waals surface area contributed by atoms with Crippen molar-refractivity contribution in [3.63, 3.8) is 0 Å². The molecule has 7 unspecified atom stereocenters. The van der Waals surface area contributed by atoms with E-state index in [1.807, 2.05) is 0 Å². The Kier molecular flexibility index (Phi) is 2.25. The molecular formula is C19H22O4. The lowest BCUT2D eigenvalue weighted by molar-refractivity contribution is -0.148. The first-order valence-corrected chi connectivity index (χ1v) is 8.94. The van der Waals surface area contributed by atoms with Crippen LogP contribution in [0.1, 0.15) is 25.7 Å². The van der Waals surface area contributed by atoms with E-state index in [-0.39, 0.29) is 22.4 Å². The molecule has 0 N–H and O–H groups in total. The van der Waals surface area contributed by atoms with Crippen molar-refractivity contribution in [1.82, 2.24) is 0 Å². The van der Waals surface area contributed by atoms with Crippen LogP contribution in [0, 0.1) is 34.5 Å². The SMILES string of the molecule is O=C1OCC(C23C=CC(C2)C2(COCO2)C3)C12CC1C=CC2C1. The number of carbonyl (C=O) groups is 1. The first kappa shape index (κ1) is 13.2. The van der Waals surface area contributed by atoms with Crippen LogP contribution in [-0.2, 0) is 19.0 Å². The molecule has 2 spiro atoms. The summed E-state index contributed by atoms with van der Waals surface area (Å²) in [5.41, 5.74) is -0.360. The lowest BCUT2D eigenvalue weighted by atomic mass is 9.57. The van der Waals surface area contributed by atoms with E-state index in [9.17, 15) is 4.79 Å². The van der Waals surface area contributed by atoms with Gasteiger partial charge in [0.2, 0.25) is 0 Å². The average Bonchev–Trinajstić information content (AvgIpc) is 3.34. The highest BCUT2D eigenvalue weighted by atomic mass is 16.7. The zero-order valence-electron chi connectivity index (χ0n) is 13.2. The van der Waals surface area contributed by atoms with Gasteiger partial charge in [-0.3, -0.25) is 4.79 Å². The number of esters is 1. The van der Waals surface area contributed by atoms with Crippen LogP contribution in [0.2, 0.25) is 0 Å². The molecule has 2 saturated heterocycles. The van der Waals surface area contributed by atoms with Crippen molar-refractivity contribution in [2.75, 3.05) is 20.0 Å². The van der Waals surface area contributed by atoms with E-state index in [0.717, 1.165) is 25.7 Å². The molecule has 0 aromatic carbocycles. The van der Waals surface area contributed by atoms with Crippen LogP contribution in [-0.4, -0.2) is 31.6 Å². The zero-order chi connectivity index (χ0) is 15.3. The summed E-state index contributed by atoms with van der Waals surface area (Å²) in [5, 5.41) is 0. The number of rotatable bonds is 1. The van der Waals surface area contributed by atoms with Crippen molar-refractivity contribution in [2.24, 2.45) is 34.5 Å². The molecule has 4 bridgehead atoms. The van der Waals surface area contributed by atoms with E-state index in [4.69, 9.17) is 14.2 Å². The lowest BCUT2D eigenvalue weighted by Gasteiger charge is -2.43.